The lowest BCUT2D eigenvalue weighted by Gasteiger charge is -2.05. The Balaban J connectivity index is 1.27. The van der Waals surface area contributed by atoms with E-state index in [2.05, 4.69) is 66.8 Å². The first-order valence-corrected chi connectivity index (χ1v) is 10.4. The van der Waals surface area contributed by atoms with Gasteiger partial charge in [-0.2, -0.15) is 0 Å². The summed E-state index contributed by atoms with van der Waals surface area (Å²) in [7, 11) is 0. The zero-order valence-corrected chi connectivity index (χ0v) is 16.9. The van der Waals surface area contributed by atoms with E-state index in [1.807, 2.05) is 30.3 Å². The highest BCUT2D eigenvalue weighted by Gasteiger charge is 2.07. The Kier molecular flexibility index (Phi) is 4.62. The molecule has 0 fully saturated rings. The van der Waals surface area contributed by atoms with Crippen LogP contribution in [0.25, 0.3) is 32.1 Å². The van der Waals surface area contributed by atoms with E-state index in [4.69, 9.17) is 9.40 Å². The van der Waals surface area contributed by atoms with Crippen LogP contribution in [0.3, 0.4) is 0 Å². The number of anilines is 1. The third kappa shape index (κ3) is 3.80. The minimum atomic E-state index is 0.645. The second kappa shape index (κ2) is 7.57. The van der Waals surface area contributed by atoms with Crippen molar-refractivity contribution >= 4 is 27.2 Å². The van der Waals surface area contributed by atoms with Crippen LogP contribution in [0.4, 0.5) is 5.69 Å². The van der Waals surface area contributed by atoms with Crippen molar-refractivity contribution in [1.29, 1.82) is 0 Å². The number of hydrogen-bond acceptors (Lipinski definition) is 4. The van der Waals surface area contributed by atoms with Crippen LogP contribution in [0, 0.1) is 6.92 Å². The number of hydrogen-bond donors (Lipinski definition) is 1. The molecule has 1 N–H and O–H groups in total. The Bertz CT molecular complexity index is 1250. The summed E-state index contributed by atoms with van der Waals surface area (Å²) in [5, 5.41) is 4.48. The van der Waals surface area contributed by atoms with Gasteiger partial charge in [-0.15, -0.1) is 11.3 Å². The maximum Gasteiger partial charge on any atom is 0.134 e. The average Bonchev–Trinajstić information content (AvgIpc) is 3.40. The number of nitrogens with zero attached hydrogens (tertiary/aromatic N) is 1. The van der Waals surface area contributed by atoms with Crippen LogP contribution in [-0.2, 0) is 6.54 Å². The molecule has 0 saturated carbocycles. The largest absolute Gasteiger partial charge is 0.459 e. The van der Waals surface area contributed by atoms with Crippen molar-refractivity contribution in [3.05, 3.63) is 96.3 Å². The van der Waals surface area contributed by atoms with E-state index < -0.39 is 0 Å². The summed E-state index contributed by atoms with van der Waals surface area (Å²) in [4.78, 5) is 4.76. The minimum Gasteiger partial charge on any atom is -0.459 e. The maximum atomic E-state index is 5.96. The number of thiazole rings is 1. The summed E-state index contributed by atoms with van der Waals surface area (Å²) in [6, 6.07) is 29.0. The molecule has 0 aliphatic carbocycles. The third-order valence-corrected chi connectivity index (χ3v) is 5.93. The Morgan fingerprint density at radius 2 is 1.69 bits per heavy atom. The molecule has 2 aromatic heterocycles. The highest BCUT2D eigenvalue weighted by molar-refractivity contribution is 7.21. The van der Waals surface area contributed by atoms with Gasteiger partial charge in [-0.05, 0) is 61.0 Å². The van der Waals surface area contributed by atoms with Crippen LogP contribution in [-0.4, -0.2) is 4.98 Å². The fourth-order valence-corrected chi connectivity index (χ4v) is 4.37. The first-order valence-electron chi connectivity index (χ1n) is 9.60. The van der Waals surface area contributed by atoms with Gasteiger partial charge in [-0.3, -0.25) is 0 Å². The van der Waals surface area contributed by atoms with Gasteiger partial charge >= 0.3 is 0 Å². The van der Waals surface area contributed by atoms with Crippen LogP contribution in [0.5, 0.6) is 0 Å². The molecule has 4 heteroatoms. The molecular formula is C25H20N2OS. The molecule has 0 aliphatic rings. The molecule has 5 aromatic rings. The fraction of sp³-hybridized carbons (Fsp3) is 0.0800. The van der Waals surface area contributed by atoms with Gasteiger partial charge in [0.15, 0.2) is 0 Å². The topological polar surface area (TPSA) is 38.1 Å². The predicted octanol–water partition coefficient (Wildman–Crippen LogP) is 7.14. The number of aryl methyl sites for hydroxylation is 1. The van der Waals surface area contributed by atoms with Gasteiger partial charge in [0.25, 0.3) is 0 Å². The number of furan rings is 1. The lowest BCUT2D eigenvalue weighted by atomic mass is 10.2. The molecule has 3 aromatic carbocycles. The molecule has 0 amide bonds. The quantitative estimate of drug-likeness (QED) is 0.343. The van der Waals surface area contributed by atoms with Crippen molar-refractivity contribution < 1.29 is 4.42 Å². The average molecular weight is 397 g/mol. The molecule has 0 radical (unpaired) electrons. The van der Waals surface area contributed by atoms with Crippen molar-refractivity contribution in [3.8, 4) is 21.9 Å². The van der Waals surface area contributed by atoms with Gasteiger partial charge in [-0.1, -0.05) is 36.4 Å². The van der Waals surface area contributed by atoms with Crippen molar-refractivity contribution in [1.82, 2.24) is 4.98 Å². The predicted molar refractivity (Wildman–Crippen MR) is 121 cm³/mol. The smallest absolute Gasteiger partial charge is 0.134 e. The molecule has 5 rings (SSSR count). The normalized spacial score (nSPS) is 11.1. The van der Waals surface area contributed by atoms with E-state index in [9.17, 15) is 0 Å². The second-order valence-corrected chi connectivity index (χ2v) is 8.08. The Morgan fingerprint density at radius 1 is 0.862 bits per heavy atom. The first kappa shape index (κ1) is 17.7. The Morgan fingerprint density at radius 3 is 2.52 bits per heavy atom. The highest BCUT2D eigenvalue weighted by atomic mass is 32.1. The molecule has 0 aliphatic heterocycles. The molecule has 2 heterocycles. The molecular weight excluding hydrogens is 376 g/mol. The zero-order chi connectivity index (χ0) is 19.6. The lowest BCUT2D eigenvalue weighted by Crippen LogP contribution is -1.97. The summed E-state index contributed by atoms with van der Waals surface area (Å²) in [5.74, 6) is 1.80. The Labute approximate surface area is 173 Å². The van der Waals surface area contributed by atoms with Crippen LogP contribution >= 0.6 is 11.3 Å². The molecule has 0 unspecified atom stereocenters. The molecule has 0 bridgehead atoms. The van der Waals surface area contributed by atoms with Gasteiger partial charge in [0, 0.05) is 16.8 Å². The molecule has 0 spiro atoms. The molecule has 0 atom stereocenters. The summed E-state index contributed by atoms with van der Waals surface area (Å²) in [6.45, 7) is 2.76. The van der Waals surface area contributed by atoms with E-state index in [0.29, 0.717) is 6.54 Å². The SMILES string of the molecule is Cc1ccc2nc(-c3ccc(NCc4ccc(-c5ccccc5)o4)cc3)sc2c1. The lowest BCUT2D eigenvalue weighted by molar-refractivity contribution is 0.531. The summed E-state index contributed by atoms with van der Waals surface area (Å²) >= 11 is 1.73. The summed E-state index contributed by atoms with van der Waals surface area (Å²) in [5.41, 5.74) is 5.61. The molecule has 142 valence electrons. The molecule has 0 saturated heterocycles. The van der Waals surface area contributed by atoms with E-state index >= 15 is 0 Å². The third-order valence-electron chi connectivity index (χ3n) is 4.86. The van der Waals surface area contributed by atoms with Crippen molar-refractivity contribution in [2.24, 2.45) is 0 Å². The minimum absolute atomic E-state index is 0.645. The van der Waals surface area contributed by atoms with Crippen molar-refractivity contribution in [2.45, 2.75) is 13.5 Å². The van der Waals surface area contributed by atoms with Gasteiger partial charge in [0.2, 0.25) is 0 Å². The summed E-state index contributed by atoms with van der Waals surface area (Å²) in [6.07, 6.45) is 0. The van der Waals surface area contributed by atoms with E-state index in [1.54, 1.807) is 11.3 Å². The summed E-state index contributed by atoms with van der Waals surface area (Å²) < 4.78 is 7.19. The molecule has 29 heavy (non-hydrogen) atoms. The monoisotopic (exact) mass is 396 g/mol. The van der Waals surface area contributed by atoms with Crippen LogP contribution < -0.4 is 5.32 Å². The maximum absolute atomic E-state index is 5.96. The van der Waals surface area contributed by atoms with E-state index in [1.165, 1.54) is 10.3 Å². The standard InChI is InChI=1S/C25H20N2OS/c1-17-7-13-22-24(15-17)29-25(27-22)19-8-10-20(11-9-19)26-16-21-12-14-23(28-21)18-5-3-2-4-6-18/h2-15,26H,16H2,1H3. The van der Waals surface area contributed by atoms with Gasteiger partial charge in [0.1, 0.15) is 16.5 Å². The highest BCUT2D eigenvalue weighted by Crippen LogP contribution is 2.31. The zero-order valence-electron chi connectivity index (χ0n) is 16.1. The van der Waals surface area contributed by atoms with Crippen LogP contribution in [0.2, 0.25) is 0 Å². The van der Waals surface area contributed by atoms with Gasteiger partial charge in [-0.25, -0.2) is 4.98 Å². The second-order valence-electron chi connectivity index (χ2n) is 7.05. The van der Waals surface area contributed by atoms with Crippen LogP contribution in [0.15, 0.2) is 89.3 Å². The number of aromatic nitrogens is 1. The Hall–Kier alpha value is -3.37. The number of fused-ring (bicyclic) bond motifs is 1. The van der Waals surface area contributed by atoms with Crippen LogP contribution in [0.1, 0.15) is 11.3 Å². The van der Waals surface area contributed by atoms with Crippen molar-refractivity contribution in [2.75, 3.05) is 5.32 Å². The first-order chi connectivity index (χ1) is 14.2. The van der Waals surface area contributed by atoms with Gasteiger partial charge in [0.05, 0.1) is 16.8 Å². The van der Waals surface area contributed by atoms with Crippen molar-refractivity contribution in [3.63, 3.8) is 0 Å². The van der Waals surface area contributed by atoms with E-state index in [-0.39, 0.29) is 0 Å². The number of benzene rings is 3. The number of rotatable bonds is 5. The number of nitrogens with one attached hydrogen (secondary N) is 1. The fourth-order valence-electron chi connectivity index (χ4n) is 3.31. The van der Waals surface area contributed by atoms with E-state index in [0.717, 1.165) is 38.9 Å². The van der Waals surface area contributed by atoms with Gasteiger partial charge < -0.3 is 9.73 Å². The molecule has 3 nitrogen and oxygen atoms in total.